The minimum absolute atomic E-state index is 0.129. The molecule has 1 atom stereocenters. The van der Waals surface area contributed by atoms with Gasteiger partial charge in [-0.25, -0.2) is 4.79 Å². The molecule has 1 saturated carbocycles. The number of hydrogen-bond acceptors (Lipinski definition) is 3. The van der Waals surface area contributed by atoms with Gasteiger partial charge in [-0.2, -0.15) is 0 Å². The SMILES string of the molecule is COc1cccc(NC(=O)N(C)C(CN)C2CC2)c1. The lowest BCUT2D eigenvalue weighted by Crippen LogP contribution is -2.45. The zero-order chi connectivity index (χ0) is 13.8. The highest BCUT2D eigenvalue weighted by atomic mass is 16.5. The van der Waals surface area contributed by atoms with E-state index in [0.29, 0.717) is 12.5 Å². The van der Waals surface area contributed by atoms with Crippen molar-refractivity contribution >= 4 is 11.7 Å². The standard InChI is InChI=1S/C14H21N3O2/c1-17(13(9-15)10-6-7-10)14(18)16-11-4-3-5-12(8-11)19-2/h3-5,8,10,13H,6-7,9,15H2,1-2H3,(H,16,18). The van der Waals surface area contributed by atoms with Gasteiger partial charge in [-0.3, -0.25) is 0 Å². The normalized spacial score (nSPS) is 15.7. The summed E-state index contributed by atoms with van der Waals surface area (Å²) in [6.07, 6.45) is 2.33. The van der Waals surface area contributed by atoms with Crippen molar-refractivity contribution in [3.63, 3.8) is 0 Å². The number of anilines is 1. The molecule has 1 aromatic carbocycles. The lowest BCUT2D eigenvalue weighted by atomic mass is 10.1. The molecule has 2 amide bonds. The molecule has 19 heavy (non-hydrogen) atoms. The molecule has 5 heteroatoms. The molecule has 1 fully saturated rings. The first-order valence-corrected chi connectivity index (χ1v) is 6.53. The maximum Gasteiger partial charge on any atom is 0.321 e. The van der Waals surface area contributed by atoms with Crippen molar-refractivity contribution in [2.45, 2.75) is 18.9 Å². The topological polar surface area (TPSA) is 67.6 Å². The van der Waals surface area contributed by atoms with Gasteiger partial charge in [-0.05, 0) is 30.9 Å². The Kier molecular flexibility index (Phi) is 4.27. The predicted octanol–water partition coefficient (Wildman–Crippen LogP) is 1.90. The molecule has 5 nitrogen and oxygen atoms in total. The van der Waals surface area contributed by atoms with Gasteiger partial charge in [0.1, 0.15) is 5.75 Å². The Bertz CT molecular complexity index is 446. The van der Waals surface area contributed by atoms with Gasteiger partial charge >= 0.3 is 6.03 Å². The van der Waals surface area contributed by atoms with Crippen LogP contribution in [0.3, 0.4) is 0 Å². The molecule has 0 saturated heterocycles. The number of carbonyl (C=O) groups excluding carboxylic acids is 1. The number of amides is 2. The largest absolute Gasteiger partial charge is 0.497 e. The molecule has 2 rings (SSSR count). The zero-order valence-corrected chi connectivity index (χ0v) is 11.4. The van der Waals surface area contributed by atoms with E-state index in [-0.39, 0.29) is 12.1 Å². The second-order valence-electron chi connectivity index (χ2n) is 4.91. The summed E-state index contributed by atoms with van der Waals surface area (Å²) in [7, 11) is 3.40. The molecule has 0 aromatic heterocycles. The Hall–Kier alpha value is -1.75. The summed E-state index contributed by atoms with van der Waals surface area (Å²) < 4.78 is 5.13. The van der Waals surface area contributed by atoms with Crippen LogP contribution in [0, 0.1) is 5.92 Å². The molecular weight excluding hydrogens is 242 g/mol. The van der Waals surface area contributed by atoms with Crippen LogP contribution < -0.4 is 15.8 Å². The van der Waals surface area contributed by atoms with E-state index in [9.17, 15) is 4.79 Å². The summed E-state index contributed by atoms with van der Waals surface area (Å²) >= 11 is 0. The second kappa shape index (κ2) is 5.93. The molecule has 0 bridgehead atoms. The van der Waals surface area contributed by atoms with Crippen molar-refractivity contribution in [3.05, 3.63) is 24.3 Å². The third-order valence-corrected chi connectivity index (χ3v) is 3.55. The summed E-state index contributed by atoms with van der Waals surface area (Å²) in [6, 6.07) is 7.31. The minimum atomic E-state index is -0.129. The number of carbonyl (C=O) groups is 1. The van der Waals surface area contributed by atoms with E-state index in [1.54, 1.807) is 25.1 Å². The molecule has 0 spiro atoms. The Morgan fingerprint density at radius 1 is 1.58 bits per heavy atom. The maximum absolute atomic E-state index is 12.2. The molecule has 0 aliphatic heterocycles. The second-order valence-corrected chi connectivity index (χ2v) is 4.91. The van der Waals surface area contributed by atoms with Crippen LogP contribution in [0.4, 0.5) is 10.5 Å². The number of urea groups is 1. The quantitative estimate of drug-likeness (QED) is 0.852. The highest BCUT2D eigenvalue weighted by Crippen LogP contribution is 2.34. The molecule has 0 radical (unpaired) electrons. The molecule has 1 unspecified atom stereocenters. The maximum atomic E-state index is 12.2. The van der Waals surface area contributed by atoms with Gasteiger partial charge < -0.3 is 20.7 Å². The van der Waals surface area contributed by atoms with Crippen molar-refractivity contribution in [3.8, 4) is 5.75 Å². The summed E-state index contributed by atoms with van der Waals surface area (Å²) in [6.45, 7) is 0.507. The van der Waals surface area contributed by atoms with Gasteiger partial charge in [0.05, 0.1) is 7.11 Å². The molecule has 1 aliphatic carbocycles. The van der Waals surface area contributed by atoms with E-state index in [4.69, 9.17) is 10.5 Å². The van der Waals surface area contributed by atoms with Crippen LogP contribution in [0.25, 0.3) is 0 Å². The smallest absolute Gasteiger partial charge is 0.321 e. The van der Waals surface area contributed by atoms with Crippen LogP contribution in [-0.4, -0.2) is 37.7 Å². The first-order chi connectivity index (χ1) is 9.15. The van der Waals surface area contributed by atoms with Gasteiger partial charge in [0.15, 0.2) is 0 Å². The number of nitrogens with zero attached hydrogens (tertiary/aromatic N) is 1. The highest BCUT2D eigenvalue weighted by molar-refractivity contribution is 5.89. The van der Waals surface area contributed by atoms with Crippen molar-refractivity contribution in [2.24, 2.45) is 11.7 Å². The molecule has 3 N–H and O–H groups in total. The molecular formula is C14H21N3O2. The molecule has 1 aliphatic rings. The Labute approximate surface area is 113 Å². The van der Waals surface area contributed by atoms with Gasteiger partial charge in [0.2, 0.25) is 0 Å². The number of likely N-dealkylation sites (N-methyl/N-ethyl adjacent to an activating group) is 1. The van der Waals surface area contributed by atoms with Crippen molar-refractivity contribution in [1.29, 1.82) is 0 Å². The van der Waals surface area contributed by atoms with E-state index >= 15 is 0 Å². The van der Waals surface area contributed by atoms with Crippen LogP contribution in [-0.2, 0) is 0 Å². The van der Waals surface area contributed by atoms with E-state index in [0.717, 1.165) is 11.4 Å². The van der Waals surface area contributed by atoms with Gasteiger partial charge in [0.25, 0.3) is 0 Å². The van der Waals surface area contributed by atoms with Crippen LogP contribution in [0.15, 0.2) is 24.3 Å². The summed E-state index contributed by atoms with van der Waals surface area (Å²) in [5.74, 6) is 1.28. The van der Waals surface area contributed by atoms with Crippen LogP contribution >= 0.6 is 0 Å². The summed E-state index contributed by atoms with van der Waals surface area (Å²) in [5.41, 5.74) is 6.47. The van der Waals surface area contributed by atoms with Gasteiger partial charge in [-0.1, -0.05) is 6.07 Å². The lowest BCUT2D eigenvalue weighted by Gasteiger charge is -2.27. The number of methoxy groups -OCH3 is 1. The first-order valence-electron chi connectivity index (χ1n) is 6.53. The van der Waals surface area contributed by atoms with Crippen molar-refractivity contribution in [2.75, 3.05) is 26.0 Å². The van der Waals surface area contributed by atoms with Gasteiger partial charge in [-0.15, -0.1) is 0 Å². The predicted molar refractivity (Wildman–Crippen MR) is 75.3 cm³/mol. The highest BCUT2D eigenvalue weighted by Gasteiger charge is 2.34. The number of ether oxygens (including phenoxy) is 1. The molecule has 1 aromatic rings. The number of hydrogen-bond donors (Lipinski definition) is 2. The third-order valence-electron chi connectivity index (χ3n) is 3.55. The number of rotatable bonds is 5. The fraction of sp³-hybridized carbons (Fsp3) is 0.500. The van der Waals surface area contributed by atoms with E-state index in [1.807, 2.05) is 18.2 Å². The van der Waals surface area contributed by atoms with E-state index in [2.05, 4.69) is 5.32 Å². The Balaban J connectivity index is 1.99. The van der Waals surface area contributed by atoms with E-state index in [1.165, 1.54) is 12.8 Å². The van der Waals surface area contributed by atoms with Crippen LogP contribution in [0.5, 0.6) is 5.75 Å². The number of nitrogens with one attached hydrogen (secondary N) is 1. The van der Waals surface area contributed by atoms with Gasteiger partial charge in [0, 0.05) is 31.4 Å². The average Bonchev–Trinajstić information content (AvgIpc) is 3.24. The molecule has 104 valence electrons. The zero-order valence-electron chi connectivity index (χ0n) is 11.4. The summed E-state index contributed by atoms with van der Waals surface area (Å²) in [4.78, 5) is 13.9. The fourth-order valence-corrected chi connectivity index (χ4v) is 2.21. The first kappa shape index (κ1) is 13.7. The lowest BCUT2D eigenvalue weighted by molar-refractivity contribution is 0.198. The number of benzene rings is 1. The van der Waals surface area contributed by atoms with Crippen molar-refractivity contribution in [1.82, 2.24) is 4.90 Å². The monoisotopic (exact) mass is 263 g/mol. The van der Waals surface area contributed by atoms with E-state index < -0.39 is 0 Å². The van der Waals surface area contributed by atoms with Crippen LogP contribution in [0.2, 0.25) is 0 Å². The minimum Gasteiger partial charge on any atom is -0.497 e. The Morgan fingerprint density at radius 2 is 2.32 bits per heavy atom. The third kappa shape index (κ3) is 3.38. The Morgan fingerprint density at radius 3 is 2.89 bits per heavy atom. The average molecular weight is 263 g/mol. The fourth-order valence-electron chi connectivity index (χ4n) is 2.21. The van der Waals surface area contributed by atoms with Crippen molar-refractivity contribution < 1.29 is 9.53 Å². The van der Waals surface area contributed by atoms with Crippen LogP contribution in [0.1, 0.15) is 12.8 Å². The number of nitrogens with two attached hydrogens (primary N) is 1. The summed E-state index contributed by atoms with van der Waals surface area (Å²) in [5, 5.41) is 2.87. The molecule has 0 heterocycles.